The summed E-state index contributed by atoms with van der Waals surface area (Å²) in [5.74, 6) is -2.18. The minimum absolute atomic E-state index is 0.175. The summed E-state index contributed by atoms with van der Waals surface area (Å²) in [4.78, 5) is 27.5. The van der Waals surface area contributed by atoms with E-state index in [1.165, 1.54) is 6.07 Å². The monoisotopic (exact) mass is 302 g/mol. The fraction of sp³-hybridized carbons (Fsp3) is 0.312. The topological polar surface area (TPSA) is 79.3 Å². The number of aromatic nitrogens is 1. The first-order valence-electron chi connectivity index (χ1n) is 7.12. The second-order valence-corrected chi connectivity index (χ2v) is 5.55. The molecule has 0 saturated heterocycles. The molecular weight excluding hydrogens is 287 g/mol. The summed E-state index contributed by atoms with van der Waals surface area (Å²) in [6.45, 7) is 0. The van der Waals surface area contributed by atoms with E-state index in [-0.39, 0.29) is 11.6 Å². The molecule has 1 heterocycles. The molecule has 1 aliphatic rings. The largest absolute Gasteiger partial charge is 0.481 e. The van der Waals surface area contributed by atoms with Gasteiger partial charge < -0.3 is 10.4 Å². The van der Waals surface area contributed by atoms with Gasteiger partial charge in [-0.3, -0.25) is 14.6 Å². The van der Waals surface area contributed by atoms with E-state index in [9.17, 15) is 14.0 Å². The van der Waals surface area contributed by atoms with E-state index in [4.69, 9.17) is 5.11 Å². The van der Waals surface area contributed by atoms with Crippen molar-refractivity contribution in [1.29, 1.82) is 0 Å². The van der Waals surface area contributed by atoms with Gasteiger partial charge in [0, 0.05) is 17.6 Å². The van der Waals surface area contributed by atoms with Gasteiger partial charge in [-0.1, -0.05) is 6.07 Å². The summed E-state index contributed by atoms with van der Waals surface area (Å²) in [6.07, 6.45) is 3.11. The van der Waals surface area contributed by atoms with Crippen molar-refractivity contribution >= 4 is 22.8 Å². The van der Waals surface area contributed by atoms with Crippen molar-refractivity contribution in [2.75, 3.05) is 0 Å². The van der Waals surface area contributed by atoms with Crippen molar-refractivity contribution in [2.24, 2.45) is 5.92 Å². The Labute approximate surface area is 126 Å². The molecular formula is C16H15FN2O3. The number of amides is 1. The van der Waals surface area contributed by atoms with E-state index < -0.39 is 23.6 Å². The number of fused-ring (bicyclic) bond motifs is 1. The highest BCUT2D eigenvalue weighted by Gasteiger charge is 2.31. The molecule has 3 rings (SSSR count). The zero-order chi connectivity index (χ0) is 15.7. The van der Waals surface area contributed by atoms with Crippen LogP contribution in [-0.2, 0) is 4.79 Å². The molecule has 1 amide bonds. The summed E-state index contributed by atoms with van der Waals surface area (Å²) in [7, 11) is 0. The number of nitrogens with one attached hydrogen (secondary N) is 1. The normalized spacial score (nSPS) is 21.0. The lowest BCUT2D eigenvalue weighted by Crippen LogP contribution is -2.33. The number of nitrogens with zero attached hydrogens (tertiary/aromatic N) is 1. The Bertz CT molecular complexity index is 747. The van der Waals surface area contributed by atoms with Gasteiger partial charge >= 0.3 is 5.97 Å². The Balaban J connectivity index is 1.83. The zero-order valence-corrected chi connectivity index (χ0v) is 11.8. The van der Waals surface area contributed by atoms with Gasteiger partial charge in [-0.2, -0.15) is 0 Å². The molecule has 0 unspecified atom stereocenters. The number of pyridine rings is 1. The molecule has 1 fully saturated rings. The van der Waals surface area contributed by atoms with Crippen LogP contribution in [0, 0.1) is 11.7 Å². The first kappa shape index (κ1) is 14.4. The van der Waals surface area contributed by atoms with E-state index in [1.807, 2.05) is 0 Å². The molecule has 1 saturated carbocycles. The number of benzene rings is 1. The van der Waals surface area contributed by atoms with Crippen molar-refractivity contribution in [3.63, 3.8) is 0 Å². The number of hydrogen-bond donors (Lipinski definition) is 2. The van der Waals surface area contributed by atoms with E-state index >= 15 is 0 Å². The highest BCUT2D eigenvalue weighted by Crippen LogP contribution is 2.26. The fourth-order valence-corrected chi connectivity index (χ4v) is 2.93. The predicted octanol–water partition coefficient (Wildman–Crippen LogP) is 2.36. The lowest BCUT2D eigenvalue weighted by Gasteiger charge is -2.13. The van der Waals surface area contributed by atoms with Crippen molar-refractivity contribution in [3.8, 4) is 0 Å². The SMILES string of the molecule is O=C(N[C@H]1CC[C@@H](C(=O)O)C1)c1cc(F)cc2cccnc12. The highest BCUT2D eigenvalue weighted by atomic mass is 19.1. The van der Waals surface area contributed by atoms with Crippen molar-refractivity contribution in [3.05, 3.63) is 41.8 Å². The van der Waals surface area contributed by atoms with Crippen LogP contribution in [0.4, 0.5) is 4.39 Å². The molecule has 0 spiro atoms. The average molecular weight is 302 g/mol. The summed E-state index contributed by atoms with van der Waals surface area (Å²) in [5, 5.41) is 12.3. The Hall–Kier alpha value is -2.50. The minimum Gasteiger partial charge on any atom is -0.481 e. The first-order chi connectivity index (χ1) is 10.5. The van der Waals surface area contributed by atoms with Crippen LogP contribution >= 0.6 is 0 Å². The molecule has 114 valence electrons. The quantitative estimate of drug-likeness (QED) is 0.912. The fourth-order valence-electron chi connectivity index (χ4n) is 2.93. The van der Waals surface area contributed by atoms with Crippen molar-refractivity contribution < 1.29 is 19.1 Å². The van der Waals surface area contributed by atoms with E-state index in [1.54, 1.807) is 18.3 Å². The standard InChI is InChI=1S/C16H15FN2O3/c17-11-6-9-2-1-5-18-14(9)13(8-11)15(20)19-12-4-3-10(7-12)16(21)22/h1-2,5-6,8,10,12H,3-4,7H2,(H,19,20)(H,21,22)/t10-,12+/m1/s1. The van der Waals surface area contributed by atoms with Crippen LogP contribution in [-0.4, -0.2) is 28.0 Å². The third kappa shape index (κ3) is 2.77. The Kier molecular flexibility index (Phi) is 3.75. The first-order valence-corrected chi connectivity index (χ1v) is 7.12. The Morgan fingerprint density at radius 3 is 2.86 bits per heavy atom. The number of carboxylic acids is 1. The number of rotatable bonds is 3. The van der Waals surface area contributed by atoms with Gasteiger partial charge in [-0.15, -0.1) is 0 Å². The molecule has 0 aliphatic heterocycles. The zero-order valence-electron chi connectivity index (χ0n) is 11.8. The lowest BCUT2D eigenvalue weighted by atomic mass is 10.1. The van der Waals surface area contributed by atoms with E-state index in [2.05, 4.69) is 10.3 Å². The number of carboxylic acid groups (broad SMARTS) is 1. The van der Waals surface area contributed by atoms with Crippen LogP contribution in [0.5, 0.6) is 0 Å². The van der Waals surface area contributed by atoms with Crippen LogP contribution in [0.1, 0.15) is 29.6 Å². The van der Waals surface area contributed by atoms with E-state index in [0.29, 0.717) is 30.2 Å². The number of halogens is 1. The Morgan fingerprint density at radius 1 is 1.32 bits per heavy atom. The second kappa shape index (κ2) is 5.71. The second-order valence-electron chi connectivity index (χ2n) is 5.55. The van der Waals surface area contributed by atoms with Crippen LogP contribution in [0.25, 0.3) is 10.9 Å². The van der Waals surface area contributed by atoms with Crippen molar-refractivity contribution in [2.45, 2.75) is 25.3 Å². The lowest BCUT2D eigenvalue weighted by molar-refractivity contribution is -0.141. The summed E-state index contributed by atoms with van der Waals surface area (Å²) in [5.41, 5.74) is 0.614. The molecule has 1 aromatic heterocycles. The number of hydrogen-bond acceptors (Lipinski definition) is 3. The van der Waals surface area contributed by atoms with Crippen molar-refractivity contribution in [1.82, 2.24) is 10.3 Å². The number of carbonyl (C=O) groups is 2. The van der Waals surface area contributed by atoms with Gasteiger partial charge in [0.2, 0.25) is 0 Å². The molecule has 2 aromatic rings. The number of carbonyl (C=O) groups excluding carboxylic acids is 1. The molecule has 2 atom stereocenters. The summed E-state index contributed by atoms with van der Waals surface area (Å²) < 4.78 is 13.7. The molecule has 0 radical (unpaired) electrons. The maximum atomic E-state index is 13.7. The smallest absolute Gasteiger partial charge is 0.306 e. The molecule has 1 aliphatic carbocycles. The maximum absolute atomic E-state index is 13.7. The maximum Gasteiger partial charge on any atom is 0.306 e. The van der Waals surface area contributed by atoms with Gasteiger partial charge in [0.1, 0.15) is 5.82 Å². The average Bonchev–Trinajstić information content (AvgIpc) is 2.95. The molecule has 5 nitrogen and oxygen atoms in total. The summed E-state index contributed by atoms with van der Waals surface area (Å²) >= 11 is 0. The third-order valence-corrected chi connectivity index (χ3v) is 4.03. The molecule has 2 N–H and O–H groups in total. The van der Waals surface area contributed by atoms with Gasteiger partial charge in [-0.25, -0.2) is 4.39 Å². The van der Waals surface area contributed by atoms with Gasteiger partial charge in [0.25, 0.3) is 5.91 Å². The molecule has 6 heteroatoms. The summed E-state index contributed by atoms with van der Waals surface area (Å²) in [6, 6.07) is 5.66. The van der Waals surface area contributed by atoms with Crippen LogP contribution in [0.15, 0.2) is 30.5 Å². The van der Waals surface area contributed by atoms with Gasteiger partial charge in [0.15, 0.2) is 0 Å². The van der Waals surface area contributed by atoms with Crippen LogP contribution < -0.4 is 5.32 Å². The predicted molar refractivity (Wildman–Crippen MR) is 77.9 cm³/mol. The van der Waals surface area contributed by atoms with Gasteiger partial charge in [-0.05, 0) is 37.5 Å². The van der Waals surface area contributed by atoms with E-state index in [0.717, 1.165) is 6.07 Å². The molecule has 1 aromatic carbocycles. The van der Waals surface area contributed by atoms with Gasteiger partial charge in [0.05, 0.1) is 17.0 Å². The molecule has 22 heavy (non-hydrogen) atoms. The van der Waals surface area contributed by atoms with Crippen LogP contribution in [0.3, 0.4) is 0 Å². The molecule has 0 bridgehead atoms. The third-order valence-electron chi connectivity index (χ3n) is 4.03. The number of aliphatic carboxylic acids is 1. The van der Waals surface area contributed by atoms with Crippen LogP contribution in [0.2, 0.25) is 0 Å². The minimum atomic E-state index is -0.838. The Morgan fingerprint density at radius 2 is 2.14 bits per heavy atom. The highest BCUT2D eigenvalue weighted by molar-refractivity contribution is 6.05.